The number of nitrogens with zero attached hydrogens (tertiary/aromatic N) is 4. The lowest BCUT2D eigenvalue weighted by atomic mass is 9.92. The van der Waals surface area contributed by atoms with Crippen LogP contribution in [0.5, 0.6) is 11.5 Å². The van der Waals surface area contributed by atoms with Gasteiger partial charge >= 0.3 is 6.03 Å². The van der Waals surface area contributed by atoms with Gasteiger partial charge in [-0.2, -0.15) is 5.10 Å². The molecule has 0 fully saturated rings. The first-order valence-corrected chi connectivity index (χ1v) is 15.3. The molecule has 0 saturated carbocycles. The highest BCUT2D eigenvalue weighted by Crippen LogP contribution is 2.36. The Hall–Kier alpha value is -4.35. The molecule has 224 valence electrons. The van der Waals surface area contributed by atoms with Crippen molar-refractivity contribution in [3.63, 3.8) is 0 Å². The lowest BCUT2D eigenvalue weighted by Gasteiger charge is -2.19. The van der Waals surface area contributed by atoms with E-state index in [1.54, 1.807) is 23.0 Å². The number of hydrogen-bond acceptors (Lipinski definition) is 7. The molecule has 3 heterocycles. The summed E-state index contributed by atoms with van der Waals surface area (Å²) in [7, 11) is 4.08. The normalized spacial score (nSPS) is 13.0. The minimum absolute atomic E-state index is 0.0499. The molecular formula is C32H37N7O3S. The van der Waals surface area contributed by atoms with Crippen LogP contribution in [0.2, 0.25) is 0 Å². The summed E-state index contributed by atoms with van der Waals surface area (Å²) in [6.45, 7) is 7.12. The summed E-state index contributed by atoms with van der Waals surface area (Å²) in [6.07, 6.45) is 4.51. The molecule has 1 aliphatic heterocycles. The molecule has 0 radical (unpaired) electrons. The summed E-state index contributed by atoms with van der Waals surface area (Å²) in [4.78, 5) is 32.3. The Kier molecular flexibility index (Phi) is 8.74. The minimum Gasteiger partial charge on any atom is -0.457 e. The maximum Gasteiger partial charge on any atom is 0.324 e. The molecule has 2 aromatic heterocycles. The van der Waals surface area contributed by atoms with Gasteiger partial charge < -0.3 is 20.3 Å². The fourth-order valence-electron chi connectivity index (χ4n) is 4.73. The summed E-state index contributed by atoms with van der Waals surface area (Å²) in [5.74, 6) is 2.32. The Balaban J connectivity index is 1.34. The van der Waals surface area contributed by atoms with Gasteiger partial charge in [0.05, 0.1) is 17.1 Å². The second kappa shape index (κ2) is 12.5. The summed E-state index contributed by atoms with van der Waals surface area (Å²) >= 11 is 1.50. The van der Waals surface area contributed by atoms with Crippen LogP contribution in [0, 0.1) is 0 Å². The Morgan fingerprint density at radius 3 is 2.53 bits per heavy atom. The van der Waals surface area contributed by atoms with E-state index in [1.807, 2.05) is 50.7 Å². The van der Waals surface area contributed by atoms with Gasteiger partial charge in [-0.25, -0.2) is 14.5 Å². The highest BCUT2D eigenvalue weighted by molar-refractivity contribution is 7.98. The highest BCUT2D eigenvalue weighted by atomic mass is 32.2. The van der Waals surface area contributed by atoms with Crippen LogP contribution in [0.1, 0.15) is 44.0 Å². The van der Waals surface area contributed by atoms with Gasteiger partial charge in [-0.05, 0) is 68.7 Å². The van der Waals surface area contributed by atoms with Gasteiger partial charge in [-0.15, -0.1) is 11.8 Å². The van der Waals surface area contributed by atoms with E-state index in [2.05, 4.69) is 58.7 Å². The number of aromatic nitrogens is 3. The van der Waals surface area contributed by atoms with E-state index in [4.69, 9.17) is 9.84 Å². The molecule has 1 aliphatic rings. The van der Waals surface area contributed by atoms with Gasteiger partial charge in [0.1, 0.15) is 23.1 Å². The molecule has 5 rings (SSSR count). The maximum atomic E-state index is 13.3. The Morgan fingerprint density at radius 1 is 1.07 bits per heavy atom. The zero-order valence-electron chi connectivity index (χ0n) is 25.3. The third-order valence-corrected chi connectivity index (χ3v) is 7.70. The average Bonchev–Trinajstić information content (AvgIpc) is 3.38. The van der Waals surface area contributed by atoms with Crippen LogP contribution in [-0.4, -0.2) is 52.0 Å². The monoisotopic (exact) mass is 599 g/mol. The first-order valence-electron chi connectivity index (χ1n) is 14.1. The molecule has 4 aromatic rings. The van der Waals surface area contributed by atoms with E-state index in [-0.39, 0.29) is 17.4 Å². The minimum atomic E-state index is -0.381. The number of nitrogens with one attached hydrogen (secondary N) is 3. The number of carbonyl (C=O) groups is 2. The predicted molar refractivity (Wildman–Crippen MR) is 172 cm³/mol. The van der Waals surface area contributed by atoms with Gasteiger partial charge in [0.15, 0.2) is 0 Å². The zero-order chi connectivity index (χ0) is 30.7. The van der Waals surface area contributed by atoms with Crippen LogP contribution < -0.4 is 20.7 Å². The molecular weight excluding hydrogens is 562 g/mol. The number of benzene rings is 2. The van der Waals surface area contributed by atoms with E-state index in [0.29, 0.717) is 41.7 Å². The van der Waals surface area contributed by atoms with Crippen molar-refractivity contribution in [2.45, 2.75) is 50.5 Å². The molecule has 11 heteroatoms. The lowest BCUT2D eigenvalue weighted by molar-refractivity contribution is -0.116. The van der Waals surface area contributed by atoms with Crippen LogP contribution in [-0.2, 0) is 23.2 Å². The molecule has 0 spiro atoms. The number of carbonyl (C=O) groups excluding carboxylic acids is 2. The number of pyridine rings is 1. The van der Waals surface area contributed by atoms with Crippen molar-refractivity contribution in [1.29, 1.82) is 0 Å². The van der Waals surface area contributed by atoms with E-state index < -0.39 is 0 Å². The van der Waals surface area contributed by atoms with Gasteiger partial charge in [0.25, 0.3) is 0 Å². The molecule has 0 atom stereocenters. The molecule has 3 N–H and O–H groups in total. The summed E-state index contributed by atoms with van der Waals surface area (Å²) < 4.78 is 7.96. The zero-order valence-corrected chi connectivity index (χ0v) is 26.1. The third-order valence-electron chi connectivity index (χ3n) is 6.92. The largest absolute Gasteiger partial charge is 0.457 e. The van der Waals surface area contributed by atoms with Gasteiger partial charge in [-0.3, -0.25) is 10.1 Å². The standard InChI is InChI=1S/C32H37N7O3S/c1-32(2,3)27-18-28(39(37-27)21-9-7-20(8-10-21)19-38(4)5)35-31(41)34-24-13-11-22(17-26(24)43-6)42-25-15-16-33-30-23(25)12-14-29(40)36-30/h7-11,13,15-18H,12,14,19H2,1-6H3,(H,33,36,40)(H2,34,35,41). The van der Waals surface area contributed by atoms with Crippen molar-refractivity contribution in [2.75, 3.05) is 36.3 Å². The number of anilines is 3. The van der Waals surface area contributed by atoms with E-state index in [9.17, 15) is 9.59 Å². The average molecular weight is 600 g/mol. The number of ether oxygens (including phenoxy) is 1. The summed E-state index contributed by atoms with van der Waals surface area (Å²) in [5.41, 5.74) is 4.23. The van der Waals surface area contributed by atoms with Crippen LogP contribution in [0.3, 0.4) is 0 Å². The topological polar surface area (TPSA) is 113 Å². The van der Waals surface area contributed by atoms with Crippen molar-refractivity contribution < 1.29 is 14.3 Å². The molecule has 2 aromatic carbocycles. The molecule has 0 unspecified atom stereocenters. The lowest BCUT2D eigenvalue weighted by Crippen LogP contribution is -2.21. The van der Waals surface area contributed by atoms with E-state index >= 15 is 0 Å². The van der Waals surface area contributed by atoms with E-state index in [1.165, 1.54) is 17.3 Å². The predicted octanol–water partition coefficient (Wildman–Crippen LogP) is 6.67. The van der Waals surface area contributed by atoms with Crippen molar-refractivity contribution >= 4 is 41.0 Å². The molecule has 0 aliphatic carbocycles. The fourth-order valence-corrected chi connectivity index (χ4v) is 5.30. The third kappa shape index (κ3) is 7.18. The maximum absolute atomic E-state index is 13.3. The van der Waals surface area contributed by atoms with Crippen LogP contribution in [0.4, 0.5) is 22.1 Å². The number of fused-ring (bicyclic) bond motifs is 1. The molecule has 0 saturated heterocycles. The highest BCUT2D eigenvalue weighted by Gasteiger charge is 2.23. The number of thioether (sulfide) groups is 1. The second-order valence-corrected chi connectivity index (χ2v) is 12.6. The second-order valence-electron chi connectivity index (χ2n) is 11.7. The SMILES string of the molecule is CSc1cc(Oc2ccnc3c2CCC(=O)N3)ccc1NC(=O)Nc1cc(C(C)(C)C)nn1-c1ccc(CN(C)C)cc1. The van der Waals surface area contributed by atoms with Crippen molar-refractivity contribution in [1.82, 2.24) is 19.7 Å². The quantitative estimate of drug-likeness (QED) is 0.194. The Labute approximate surface area is 256 Å². The van der Waals surface area contributed by atoms with Crippen LogP contribution in [0.25, 0.3) is 5.69 Å². The van der Waals surface area contributed by atoms with Crippen LogP contribution in [0.15, 0.2) is 65.7 Å². The van der Waals surface area contributed by atoms with Gasteiger partial charge in [0.2, 0.25) is 5.91 Å². The number of rotatable bonds is 8. The fraction of sp³-hybridized carbons (Fsp3) is 0.312. The Morgan fingerprint density at radius 2 is 1.84 bits per heavy atom. The molecule has 10 nitrogen and oxygen atoms in total. The number of urea groups is 1. The first kappa shape index (κ1) is 30.1. The van der Waals surface area contributed by atoms with Gasteiger partial charge in [0, 0.05) is 41.1 Å². The van der Waals surface area contributed by atoms with Crippen LogP contribution >= 0.6 is 11.8 Å². The summed E-state index contributed by atoms with van der Waals surface area (Å²) in [6, 6.07) is 17.0. The smallest absolute Gasteiger partial charge is 0.324 e. The Bertz CT molecular complexity index is 1640. The summed E-state index contributed by atoms with van der Waals surface area (Å²) in [5, 5.41) is 13.6. The number of hydrogen-bond donors (Lipinski definition) is 3. The van der Waals surface area contributed by atoms with Crippen molar-refractivity contribution in [3.8, 4) is 17.2 Å². The molecule has 3 amide bonds. The van der Waals surface area contributed by atoms with E-state index in [0.717, 1.165) is 28.4 Å². The first-order chi connectivity index (χ1) is 20.5. The molecule has 43 heavy (non-hydrogen) atoms. The van der Waals surface area contributed by atoms with Gasteiger partial charge in [-0.1, -0.05) is 32.9 Å². The molecule has 0 bridgehead atoms. The van der Waals surface area contributed by atoms with Crippen molar-refractivity contribution in [3.05, 3.63) is 77.6 Å². The van der Waals surface area contributed by atoms with Crippen molar-refractivity contribution in [2.24, 2.45) is 0 Å². The number of amides is 3.